The number of amides is 5. The average Bonchev–Trinajstić information content (AvgIpc) is 3.60. The first-order chi connectivity index (χ1) is 24.8. The van der Waals surface area contributed by atoms with Gasteiger partial charge in [0.25, 0.3) is 0 Å². The Hall–Kier alpha value is -5.41. The number of aromatic amines is 1. The summed E-state index contributed by atoms with van der Waals surface area (Å²) in [5, 5.41) is 39.8. The number of phosphoric acid groups is 1. The number of hydrogen-bond donors (Lipinski definition) is 12. The van der Waals surface area contributed by atoms with Gasteiger partial charge < -0.3 is 57.1 Å². The van der Waals surface area contributed by atoms with Crippen LogP contribution in [0.15, 0.2) is 36.8 Å². The number of carbonyl (C=O) groups is 7. The molecule has 0 aliphatic heterocycles. The number of aromatic nitrogens is 2. The van der Waals surface area contributed by atoms with Gasteiger partial charge in [-0.1, -0.05) is 19.1 Å². The van der Waals surface area contributed by atoms with Crippen LogP contribution in [0.4, 0.5) is 0 Å². The third-order valence-corrected chi connectivity index (χ3v) is 7.87. The van der Waals surface area contributed by atoms with Gasteiger partial charge in [-0.15, -0.1) is 0 Å². The van der Waals surface area contributed by atoms with Crippen LogP contribution in [0.1, 0.15) is 44.4 Å². The van der Waals surface area contributed by atoms with Crippen LogP contribution in [-0.4, -0.2) is 119 Å². The van der Waals surface area contributed by atoms with Crippen LogP contribution >= 0.6 is 7.82 Å². The van der Waals surface area contributed by atoms with Crippen molar-refractivity contribution in [3.63, 3.8) is 0 Å². The molecule has 0 saturated heterocycles. The van der Waals surface area contributed by atoms with E-state index < -0.39 is 105 Å². The minimum Gasteiger partial charge on any atom is -0.481 e. The summed E-state index contributed by atoms with van der Waals surface area (Å²) in [6, 6.07) is -3.57. The van der Waals surface area contributed by atoms with Gasteiger partial charge in [0.05, 0.1) is 19.0 Å². The molecule has 22 nitrogen and oxygen atoms in total. The summed E-state index contributed by atoms with van der Waals surface area (Å²) in [6.07, 6.45) is 1.48. The highest BCUT2D eigenvalue weighted by Gasteiger charge is 2.32. The largest absolute Gasteiger partial charge is 0.524 e. The van der Waals surface area contributed by atoms with E-state index in [2.05, 4.69) is 41.1 Å². The summed E-state index contributed by atoms with van der Waals surface area (Å²) in [7, 11) is -4.89. The van der Waals surface area contributed by atoms with Crippen LogP contribution in [-0.2, 0) is 51.0 Å². The van der Waals surface area contributed by atoms with Crippen LogP contribution < -0.4 is 36.8 Å². The topological polar surface area (TPSA) is 362 Å². The number of imidazole rings is 1. The zero-order valence-electron chi connectivity index (χ0n) is 28.6. The highest BCUT2D eigenvalue weighted by Crippen LogP contribution is 2.37. The quantitative estimate of drug-likeness (QED) is 0.0524. The van der Waals surface area contributed by atoms with Crippen LogP contribution in [0.25, 0.3) is 0 Å². The number of H-pyrrole nitrogens is 1. The number of nitrogens with two attached hydrogens (primary N) is 1. The molecule has 0 saturated carbocycles. The van der Waals surface area contributed by atoms with Gasteiger partial charge in [0.1, 0.15) is 36.0 Å². The first-order valence-corrected chi connectivity index (χ1v) is 17.5. The van der Waals surface area contributed by atoms with Crippen molar-refractivity contribution >= 4 is 49.3 Å². The van der Waals surface area contributed by atoms with E-state index in [1.807, 2.05) is 0 Å². The second-order valence-electron chi connectivity index (χ2n) is 11.7. The summed E-state index contributed by atoms with van der Waals surface area (Å²) in [4.78, 5) is 113. The number of benzene rings is 1. The summed E-state index contributed by atoms with van der Waals surface area (Å²) >= 11 is 0. The normalized spacial score (nSPS) is 14.6. The van der Waals surface area contributed by atoms with E-state index in [9.17, 15) is 48.3 Å². The molecule has 1 aromatic carbocycles. The van der Waals surface area contributed by atoms with E-state index >= 15 is 0 Å². The first kappa shape index (κ1) is 43.8. The Labute approximate surface area is 301 Å². The Morgan fingerprint density at radius 1 is 0.830 bits per heavy atom. The molecule has 6 atom stereocenters. The van der Waals surface area contributed by atoms with Crippen molar-refractivity contribution in [1.82, 2.24) is 36.6 Å². The molecule has 53 heavy (non-hydrogen) atoms. The molecule has 23 heteroatoms. The molecule has 0 unspecified atom stereocenters. The van der Waals surface area contributed by atoms with Gasteiger partial charge in [-0.2, -0.15) is 0 Å². The average molecular weight is 771 g/mol. The van der Waals surface area contributed by atoms with Gasteiger partial charge in [-0.3, -0.25) is 38.6 Å². The van der Waals surface area contributed by atoms with E-state index in [4.69, 9.17) is 20.6 Å². The lowest BCUT2D eigenvalue weighted by Gasteiger charge is -2.25. The zero-order valence-corrected chi connectivity index (χ0v) is 29.4. The van der Waals surface area contributed by atoms with Gasteiger partial charge in [-0.25, -0.2) is 14.3 Å². The molecule has 5 amide bonds. The molecule has 0 radical (unpaired) electrons. The first-order valence-electron chi connectivity index (χ1n) is 16.0. The summed E-state index contributed by atoms with van der Waals surface area (Å²) < 4.78 is 15.7. The van der Waals surface area contributed by atoms with Crippen LogP contribution in [0, 0.1) is 0 Å². The molecule has 0 aliphatic carbocycles. The fraction of sp³-hybridized carbons (Fsp3) is 0.467. The number of nitrogens with one attached hydrogen (secondary N) is 6. The lowest BCUT2D eigenvalue weighted by atomic mass is 10.0. The standard InChI is InChI=1S/C30H43N8O14P/c1-3-20(30(47)48)35-27(44)21(8-9-24(40)41)36-25(42)15(2)34-28(45)22(10-16-4-6-18(7-5-16)52-53(49,50)51)37-29(46)23(13-39)38-26(43)19(31)11-17-12-32-14-33-17/h4-7,12,14-15,19-23,39H,3,8-11,13,31H2,1-2H3,(H,32,33)(H,34,45)(H,35,44)(H,36,42)(H,37,46)(H,38,43)(H,40,41)(H,47,48)(H2,49,50,51)/t15-,19-,20-,21-,22-,23-/m0/s1. The van der Waals surface area contributed by atoms with E-state index in [0.717, 1.165) is 0 Å². The number of carboxylic acids is 2. The van der Waals surface area contributed by atoms with E-state index in [-0.39, 0.29) is 25.0 Å². The number of carboxylic acid groups (broad SMARTS) is 2. The Kier molecular flexibility index (Phi) is 17.0. The Morgan fingerprint density at radius 3 is 1.92 bits per heavy atom. The summed E-state index contributed by atoms with van der Waals surface area (Å²) in [5.74, 6) is -7.70. The molecule has 0 spiro atoms. The van der Waals surface area contributed by atoms with Crippen molar-refractivity contribution in [2.75, 3.05) is 6.61 Å². The van der Waals surface area contributed by atoms with Gasteiger partial charge in [0.15, 0.2) is 0 Å². The van der Waals surface area contributed by atoms with Crippen molar-refractivity contribution < 1.29 is 67.8 Å². The maximum absolute atomic E-state index is 13.5. The fourth-order valence-electron chi connectivity index (χ4n) is 4.56. The van der Waals surface area contributed by atoms with E-state index in [1.165, 1.54) is 50.6 Å². The lowest BCUT2D eigenvalue weighted by molar-refractivity contribution is -0.143. The Morgan fingerprint density at radius 2 is 1.40 bits per heavy atom. The number of rotatable bonds is 22. The smallest absolute Gasteiger partial charge is 0.481 e. The van der Waals surface area contributed by atoms with Crippen molar-refractivity contribution in [1.29, 1.82) is 0 Å². The predicted molar refractivity (Wildman–Crippen MR) is 180 cm³/mol. The second-order valence-corrected chi connectivity index (χ2v) is 12.8. The van der Waals surface area contributed by atoms with Crippen LogP contribution in [0.3, 0.4) is 0 Å². The van der Waals surface area contributed by atoms with E-state index in [0.29, 0.717) is 11.3 Å². The van der Waals surface area contributed by atoms with Crippen LogP contribution in [0.2, 0.25) is 0 Å². The van der Waals surface area contributed by atoms with Crippen molar-refractivity contribution in [2.45, 2.75) is 82.2 Å². The molecular formula is C30H43N8O14P. The number of phosphoric ester groups is 1. The predicted octanol–water partition coefficient (Wildman–Crippen LogP) is -3.21. The monoisotopic (exact) mass is 770 g/mol. The summed E-state index contributed by atoms with van der Waals surface area (Å²) in [5.41, 5.74) is 6.74. The molecule has 0 fully saturated rings. The van der Waals surface area contributed by atoms with Crippen molar-refractivity contribution in [3.05, 3.63) is 48.0 Å². The number of carbonyl (C=O) groups excluding carboxylic acids is 5. The second kappa shape index (κ2) is 20.6. The molecule has 2 aromatic rings. The van der Waals surface area contributed by atoms with Gasteiger partial charge >= 0.3 is 19.8 Å². The molecule has 292 valence electrons. The number of aliphatic carboxylic acids is 2. The molecular weight excluding hydrogens is 727 g/mol. The molecule has 1 heterocycles. The van der Waals surface area contributed by atoms with Gasteiger partial charge in [-0.05, 0) is 37.5 Å². The van der Waals surface area contributed by atoms with Crippen molar-refractivity contribution in [3.8, 4) is 5.75 Å². The third kappa shape index (κ3) is 15.4. The fourth-order valence-corrected chi connectivity index (χ4v) is 4.96. The number of hydrogen-bond acceptors (Lipinski definition) is 12. The lowest BCUT2D eigenvalue weighted by Crippen LogP contribution is -2.59. The maximum atomic E-state index is 13.5. The molecule has 0 bridgehead atoms. The highest BCUT2D eigenvalue weighted by atomic mass is 31.2. The molecule has 13 N–H and O–H groups in total. The summed E-state index contributed by atoms with van der Waals surface area (Å²) in [6.45, 7) is 1.77. The maximum Gasteiger partial charge on any atom is 0.524 e. The van der Waals surface area contributed by atoms with Gasteiger partial charge in [0.2, 0.25) is 29.5 Å². The Bertz CT molecular complexity index is 1640. The number of nitrogens with zero attached hydrogens (tertiary/aromatic N) is 1. The molecule has 0 aliphatic rings. The number of aliphatic hydroxyl groups excluding tert-OH is 1. The SMILES string of the molecule is CC[C@H](NC(=O)[C@H](CCC(=O)O)NC(=O)[C@H](C)NC(=O)[C@H](Cc1ccc(OP(=O)(O)O)cc1)NC(=O)[C@H](CO)NC(=O)[C@@H](N)Cc1cnc[nH]1)C(=O)O. The Balaban J connectivity index is 2.25. The molecule has 1 aromatic heterocycles. The van der Waals surface area contributed by atoms with E-state index in [1.54, 1.807) is 0 Å². The minimum atomic E-state index is -4.89. The highest BCUT2D eigenvalue weighted by molar-refractivity contribution is 7.46. The minimum absolute atomic E-state index is 0.00980. The zero-order chi connectivity index (χ0) is 39.9. The van der Waals surface area contributed by atoms with Crippen LogP contribution in [0.5, 0.6) is 5.75 Å². The molecule has 2 rings (SSSR count). The van der Waals surface area contributed by atoms with Gasteiger partial charge in [0, 0.05) is 31.2 Å². The third-order valence-electron chi connectivity index (χ3n) is 7.42. The van der Waals surface area contributed by atoms with Crippen molar-refractivity contribution in [2.24, 2.45) is 5.73 Å². The number of aliphatic hydroxyl groups is 1.